The summed E-state index contributed by atoms with van der Waals surface area (Å²) in [5.74, 6) is -0.253. The number of nitrogens with one attached hydrogen (secondary N) is 1. The minimum absolute atomic E-state index is 0.0927. The van der Waals surface area contributed by atoms with Crippen LogP contribution in [0.25, 0.3) is 0 Å². The lowest BCUT2D eigenvalue weighted by molar-refractivity contribution is -0.127. The van der Waals surface area contributed by atoms with E-state index in [-0.39, 0.29) is 18.2 Å². The normalized spacial score (nSPS) is 18.0. The molecule has 1 N–H and O–H groups in total. The van der Waals surface area contributed by atoms with Crippen LogP contribution in [0.2, 0.25) is 0 Å². The molecule has 1 atom stereocenters. The number of benzene rings is 2. The third-order valence-electron chi connectivity index (χ3n) is 4.78. The van der Waals surface area contributed by atoms with Crippen LogP contribution in [0.3, 0.4) is 0 Å². The Balaban J connectivity index is 1.72. The van der Waals surface area contributed by atoms with E-state index in [1.807, 2.05) is 64.1 Å². The van der Waals surface area contributed by atoms with Crippen molar-refractivity contribution in [3.8, 4) is 0 Å². The maximum absolute atomic E-state index is 12.6. The molecule has 0 radical (unpaired) electrons. The van der Waals surface area contributed by atoms with Crippen molar-refractivity contribution in [1.82, 2.24) is 4.90 Å². The van der Waals surface area contributed by atoms with E-state index in [4.69, 9.17) is 0 Å². The van der Waals surface area contributed by atoms with Gasteiger partial charge < -0.3 is 5.32 Å². The minimum Gasteiger partial charge on any atom is -0.326 e. The van der Waals surface area contributed by atoms with Gasteiger partial charge >= 0.3 is 0 Å². The Morgan fingerprint density at radius 2 is 1.75 bits per heavy atom. The summed E-state index contributed by atoms with van der Waals surface area (Å²) in [4.78, 5) is 31.4. The fourth-order valence-corrected chi connectivity index (χ4v) is 4.47. The van der Waals surface area contributed by atoms with Crippen LogP contribution in [0.5, 0.6) is 0 Å². The molecule has 0 spiro atoms. The number of amidine groups is 1. The number of aliphatic imine (C=N–C) groups is 1. The van der Waals surface area contributed by atoms with Gasteiger partial charge in [0.05, 0.1) is 5.69 Å². The molecule has 2 aromatic carbocycles. The Bertz CT molecular complexity index is 945. The van der Waals surface area contributed by atoms with Gasteiger partial charge in [0.2, 0.25) is 11.8 Å². The first-order valence-corrected chi connectivity index (χ1v) is 10.1. The van der Waals surface area contributed by atoms with Crippen LogP contribution >= 0.6 is 11.8 Å². The van der Waals surface area contributed by atoms with Crippen LogP contribution < -0.4 is 5.32 Å². The number of anilines is 1. The second-order valence-corrected chi connectivity index (χ2v) is 8.38. The number of amides is 2. The highest BCUT2D eigenvalue weighted by Gasteiger charge is 2.37. The number of carbonyl (C=O) groups is 2. The molecule has 28 heavy (non-hydrogen) atoms. The molecule has 3 rings (SSSR count). The SMILES string of the molecule is Cc1cc(C)c(NC(=O)CC2SC(=Nc3ccccc3C)N(C)C2=O)c(C)c1. The predicted octanol–water partition coefficient (Wildman–Crippen LogP) is 4.51. The Hall–Kier alpha value is -2.60. The Labute approximate surface area is 170 Å². The number of hydrogen-bond donors (Lipinski definition) is 1. The third-order valence-corrected chi connectivity index (χ3v) is 6.01. The Morgan fingerprint density at radius 3 is 2.39 bits per heavy atom. The van der Waals surface area contributed by atoms with Gasteiger partial charge in [-0.1, -0.05) is 47.7 Å². The van der Waals surface area contributed by atoms with E-state index in [2.05, 4.69) is 10.3 Å². The first kappa shape index (κ1) is 20.1. The van der Waals surface area contributed by atoms with E-state index in [0.717, 1.165) is 33.6 Å². The molecule has 0 aromatic heterocycles. The third kappa shape index (κ3) is 4.28. The summed E-state index contributed by atoms with van der Waals surface area (Å²) in [6.45, 7) is 7.97. The lowest BCUT2D eigenvalue weighted by Gasteiger charge is -2.14. The maximum Gasteiger partial charge on any atom is 0.242 e. The van der Waals surface area contributed by atoms with E-state index < -0.39 is 5.25 Å². The summed E-state index contributed by atoms with van der Waals surface area (Å²) in [7, 11) is 1.71. The van der Waals surface area contributed by atoms with Crippen LogP contribution in [-0.2, 0) is 9.59 Å². The quantitative estimate of drug-likeness (QED) is 0.828. The number of nitrogens with zero attached hydrogens (tertiary/aromatic N) is 2. The molecule has 6 heteroatoms. The number of rotatable bonds is 4. The van der Waals surface area contributed by atoms with Crippen molar-refractivity contribution >= 4 is 40.1 Å². The highest BCUT2D eigenvalue weighted by molar-refractivity contribution is 8.15. The molecule has 1 aliphatic rings. The van der Waals surface area contributed by atoms with E-state index in [0.29, 0.717) is 5.17 Å². The molecule has 0 bridgehead atoms. The summed E-state index contributed by atoms with van der Waals surface area (Å²) in [5, 5.41) is 3.14. The van der Waals surface area contributed by atoms with Gasteiger partial charge in [0.1, 0.15) is 5.25 Å². The molecule has 2 aromatic rings. The topological polar surface area (TPSA) is 61.8 Å². The zero-order valence-corrected chi connectivity index (χ0v) is 17.7. The molecule has 5 nitrogen and oxygen atoms in total. The maximum atomic E-state index is 12.6. The lowest BCUT2D eigenvalue weighted by Crippen LogP contribution is -2.30. The molecule has 1 saturated heterocycles. The van der Waals surface area contributed by atoms with Crippen LogP contribution in [-0.4, -0.2) is 34.2 Å². The molecule has 1 unspecified atom stereocenters. The fourth-order valence-electron chi connectivity index (χ4n) is 3.33. The van der Waals surface area contributed by atoms with Crippen molar-refractivity contribution in [3.63, 3.8) is 0 Å². The van der Waals surface area contributed by atoms with Gasteiger partial charge in [-0.25, -0.2) is 4.99 Å². The highest BCUT2D eigenvalue weighted by atomic mass is 32.2. The van der Waals surface area contributed by atoms with Gasteiger partial charge in [0.25, 0.3) is 0 Å². The van der Waals surface area contributed by atoms with Gasteiger partial charge in [0, 0.05) is 19.2 Å². The Kier molecular flexibility index (Phi) is 5.89. The zero-order chi connectivity index (χ0) is 20.4. The molecule has 1 heterocycles. The lowest BCUT2D eigenvalue weighted by atomic mass is 10.0. The van der Waals surface area contributed by atoms with Crippen LogP contribution in [0.4, 0.5) is 11.4 Å². The van der Waals surface area contributed by atoms with Crippen LogP contribution in [0, 0.1) is 27.7 Å². The summed E-state index contributed by atoms with van der Waals surface area (Å²) in [6, 6.07) is 11.9. The van der Waals surface area contributed by atoms with E-state index >= 15 is 0 Å². The second kappa shape index (κ2) is 8.19. The predicted molar refractivity (Wildman–Crippen MR) is 116 cm³/mol. The molecule has 1 fully saturated rings. The summed E-state index contributed by atoms with van der Waals surface area (Å²) >= 11 is 1.35. The van der Waals surface area contributed by atoms with Gasteiger partial charge in [-0.15, -0.1) is 0 Å². The van der Waals surface area contributed by atoms with Crippen molar-refractivity contribution in [2.75, 3.05) is 12.4 Å². The Morgan fingerprint density at radius 1 is 1.11 bits per heavy atom. The number of para-hydroxylation sites is 1. The minimum atomic E-state index is -0.459. The van der Waals surface area contributed by atoms with E-state index in [1.54, 1.807) is 7.05 Å². The molecular formula is C22H25N3O2S. The first-order valence-electron chi connectivity index (χ1n) is 9.22. The van der Waals surface area contributed by atoms with Gasteiger partial charge in [-0.2, -0.15) is 0 Å². The summed E-state index contributed by atoms with van der Waals surface area (Å²) < 4.78 is 0. The smallest absolute Gasteiger partial charge is 0.242 e. The van der Waals surface area contributed by atoms with Gasteiger partial charge in [-0.05, 0) is 50.5 Å². The van der Waals surface area contributed by atoms with E-state index in [1.165, 1.54) is 16.7 Å². The standard InChI is InChI=1S/C22H25N3O2S/c1-13-10-15(3)20(16(4)11-13)24-19(26)12-18-21(27)25(5)22(28-18)23-17-9-7-6-8-14(17)2/h6-11,18H,12H2,1-5H3,(H,24,26). The van der Waals surface area contributed by atoms with Gasteiger partial charge in [0.15, 0.2) is 5.17 Å². The average molecular weight is 396 g/mol. The van der Waals surface area contributed by atoms with Crippen LogP contribution in [0.15, 0.2) is 41.4 Å². The van der Waals surface area contributed by atoms with Crippen molar-refractivity contribution in [2.45, 2.75) is 39.4 Å². The fraction of sp³-hybridized carbons (Fsp3) is 0.318. The highest BCUT2D eigenvalue weighted by Crippen LogP contribution is 2.32. The van der Waals surface area contributed by atoms with E-state index in [9.17, 15) is 9.59 Å². The first-order chi connectivity index (χ1) is 13.3. The number of aryl methyl sites for hydroxylation is 4. The van der Waals surface area contributed by atoms with Crippen LogP contribution in [0.1, 0.15) is 28.7 Å². The number of thioether (sulfide) groups is 1. The largest absolute Gasteiger partial charge is 0.326 e. The van der Waals surface area contributed by atoms with Crippen molar-refractivity contribution < 1.29 is 9.59 Å². The zero-order valence-electron chi connectivity index (χ0n) is 16.9. The molecule has 146 valence electrons. The number of hydrogen-bond acceptors (Lipinski definition) is 4. The second-order valence-electron chi connectivity index (χ2n) is 7.21. The molecular weight excluding hydrogens is 370 g/mol. The molecule has 0 aliphatic carbocycles. The monoisotopic (exact) mass is 395 g/mol. The molecule has 1 aliphatic heterocycles. The summed E-state index contributed by atoms with van der Waals surface area (Å²) in [5.41, 5.74) is 5.91. The molecule has 2 amide bonds. The van der Waals surface area contributed by atoms with Crippen molar-refractivity contribution in [2.24, 2.45) is 4.99 Å². The summed E-state index contributed by atoms with van der Waals surface area (Å²) in [6.07, 6.45) is 0.118. The average Bonchev–Trinajstić information content (AvgIpc) is 2.88. The number of carbonyl (C=O) groups excluding carboxylic acids is 2. The van der Waals surface area contributed by atoms with Gasteiger partial charge in [-0.3, -0.25) is 14.5 Å². The van der Waals surface area contributed by atoms with Crippen molar-refractivity contribution in [1.29, 1.82) is 0 Å². The van der Waals surface area contributed by atoms with Crippen molar-refractivity contribution in [3.05, 3.63) is 58.7 Å². The molecule has 0 saturated carbocycles.